The molecule has 1 atom stereocenters. The van der Waals surface area contributed by atoms with Gasteiger partial charge in [0.1, 0.15) is 11.4 Å². The number of anilines is 1. The highest BCUT2D eigenvalue weighted by atomic mass is 16.5. The smallest absolute Gasteiger partial charge is 0.320 e. The molecule has 2 amide bonds. The molecular weight excluding hydrogens is 304 g/mol. The molecule has 3 saturated heterocycles. The van der Waals surface area contributed by atoms with E-state index < -0.39 is 0 Å². The van der Waals surface area contributed by atoms with Crippen molar-refractivity contribution < 1.29 is 9.53 Å². The Morgan fingerprint density at radius 1 is 1.29 bits per heavy atom. The molecule has 1 aromatic rings. The van der Waals surface area contributed by atoms with Crippen LogP contribution in [0.5, 0.6) is 0 Å². The lowest BCUT2D eigenvalue weighted by molar-refractivity contribution is -0.118. The van der Waals surface area contributed by atoms with Crippen LogP contribution in [0.4, 0.5) is 10.6 Å². The summed E-state index contributed by atoms with van der Waals surface area (Å²) in [6, 6.07) is 6.11. The first kappa shape index (κ1) is 15.7. The summed E-state index contributed by atoms with van der Waals surface area (Å²) in [7, 11) is 0. The molecule has 0 bridgehead atoms. The molecule has 1 aromatic heterocycles. The van der Waals surface area contributed by atoms with Gasteiger partial charge in [-0.1, -0.05) is 6.07 Å². The fourth-order valence-corrected chi connectivity index (χ4v) is 4.23. The Morgan fingerprint density at radius 2 is 2.12 bits per heavy atom. The third-order valence-corrected chi connectivity index (χ3v) is 5.63. The van der Waals surface area contributed by atoms with Crippen molar-refractivity contribution in [3.8, 4) is 0 Å². The zero-order chi connectivity index (χ0) is 16.4. The number of urea groups is 1. The molecule has 0 aliphatic carbocycles. The van der Waals surface area contributed by atoms with Gasteiger partial charge in [-0.15, -0.1) is 0 Å². The van der Waals surface area contributed by atoms with Gasteiger partial charge in [0.05, 0.1) is 13.1 Å². The molecule has 0 saturated carbocycles. The molecule has 4 rings (SSSR count). The summed E-state index contributed by atoms with van der Waals surface area (Å²) in [6.45, 7) is 5.07. The second-order valence-corrected chi connectivity index (χ2v) is 7.16. The van der Waals surface area contributed by atoms with E-state index in [2.05, 4.69) is 10.3 Å². The lowest BCUT2D eigenvalue weighted by Gasteiger charge is -2.51. The fraction of sp³-hybridized carbons (Fsp3) is 0.667. The van der Waals surface area contributed by atoms with E-state index in [0.717, 1.165) is 70.8 Å². The largest absolute Gasteiger partial charge is 0.371 e. The zero-order valence-corrected chi connectivity index (χ0v) is 14.1. The molecule has 3 aliphatic heterocycles. The molecule has 0 unspecified atom stereocenters. The lowest BCUT2D eigenvalue weighted by Crippen LogP contribution is -2.67. The second kappa shape index (κ2) is 6.59. The molecule has 3 fully saturated rings. The SMILES string of the molecule is O=C(N1CCCC1)N1CC2(C1)OCC[C@@H]2CCNc1ccccn1. The highest BCUT2D eigenvalue weighted by molar-refractivity contribution is 5.76. The molecule has 4 heterocycles. The first-order valence-electron chi connectivity index (χ1n) is 9.10. The number of likely N-dealkylation sites (tertiary alicyclic amines) is 2. The van der Waals surface area contributed by atoms with E-state index in [4.69, 9.17) is 4.74 Å². The third kappa shape index (κ3) is 2.95. The van der Waals surface area contributed by atoms with Crippen molar-refractivity contribution in [3.63, 3.8) is 0 Å². The minimum absolute atomic E-state index is 0.0961. The summed E-state index contributed by atoms with van der Waals surface area (Å²) in [5, 5.41) is 3.38. The molecule has 6 heteroatoms. The topological polar surface area (TPSA) is 57.7 Å². The van der Waals surface area contributed by atoms with Crippen LogP contribution in [0, 0.1) is 5.92 Å². The Morgan fingerprint density at radius 3 is 2.88 bits per heavy atom. The van der Waals surface area contributed by atoms with Crippen LogP contribution < -0.4 is 5.32 Å². The van der Waals surface area contributed by atoms with Crippen molar-refractivity contribution in [2.24, 2.45) is 5.92 Å². The van der Waals surface area contributed by atoms with Gasteiger partial charge < -0.3 is 19.9 Å². The summed E-state index contributed by atoms with van der Waals surface area (Å²) in [4.78, 5) is 20.7. The van der Waals surface area contributed by atoms with Crippen molar-refractivity contribution >= 4 is 11.8 Å². The van der Waals surface area contributed by atoms with E-state index in [0.29, 0.717) is 5.92 Å². The van der Waals surface area contributed by atoms with E-state index in [1.165, 1.54) is 0 Å². The van der Waals surface area contributed by atoms with Crippen LogP contribution in [-0.2, 0) is 4.74 Å². The van der Waals surface area contributed by atoms with Crippen LogP contribution in [0.1, 0.15) is 25.7 Å². The average Bonchev–Trinajstić information content (AvgIpc) is 3.24. The number of hydrogen-bond donors (Lipinski definition) is 1. The maximum Gasteiger partial charge on any atom is 0.320 e. The van der Waals surface area contributed by atoms with Crippen molar-refractivity contribution in [2.45, 2.75) is 31.3 Å². The lowest BCUT2D eigenvalue weighted by atomic mass is 9.79. The second-order valence-electron chi connectivity index (χ2n) is 7.16. The maximum atomic E-state index is 12.4. The van der Waals surface area contributed by atoms with Crippen molar-refractivity contribution in [1.82, 2.24) is 14.8 Å². The number of rotatable bonds is 4. The fourth-order valence-electron chi connectivity index (χ4n) is 4.23. The van der Waals surface area contributed by atoms with Gasteiger partial charge in [0.2, 0.25) is 0 Å². The van der Waals surface area contributed by atoms with Gasteiger partial charge in [0, 0.05) is 32.4 Å². The minimum Gasteiger partial charge on any atom is -0.371 e. The molecule has 0 aromatic carbocycles. The zero-order valence-electron chi connectivity index (χ0n) is 14.1. The molecule has 0 radical (unpaired) electrons. The van der Waals surface area contributed by atoms with E-state index in [1.54, 1.807) is 6.20 Å². The van der Waals surface area contributed by atoms with Crippen LogP contribution in [0.15, 0.2) is 24.4 Å². The predicted molar refractivity (Wildman–Crippen MR) is 91.9 cm³/mol. The summed E-state index contributed by atoms with van der Waals surface area (Å²) in [5.74, 6) is 1.45. The average molecular weight is 330 g/mol. The number of ether oxygens (including phenoxy) is 1. The van der Waals surface area contributed by atoms with Gasteiger partial charge >= 0.3 is 6.03 Å². The molecule has 6 nitrogen and oxygen atoms in total. The Hall–Kier alpha value is -1.82. The van der Waals surface area contributed by atoms with Crippen molar-refractivity contribution in [3.05, 3.63) is 24.4 Å². The number of aromatic nitrogens is 1. The molecule has 1 spiro atoms. The number of nitrogens with one attached hydrogen (secondary N) is 1. The maximum absolute atomic E-state index is 12.4. The molecule has 1 N–H and O–H groups in total. The first-order chi connectivity index (χ1) is 11.8. The van der Waals surface area contributed by atoms with Crippen LogP contribution in [0.25, 0.3) is 0 Å². The number of amides is 2. The first-order valence-corrected chi connectivity index (χ1v) is 9.10. The normalized spacial score (nSPS) is 25.1. The van der Waals surface area contributed by atoms with E-state index >= 15 is 0 Å². The van der Waals surface area contributed by atoms with Crippen LogP contribution in [0.3, 0.4) is 0 Å². The quantitative estimate of drug-likeness (QED) is 0.919. The standard InChI is InChI=1S/C18H26N4O2/c23-17(21-10-3-4-11-21)22-13-18(14-22)15(7-12-24-18)6-9-20-16-5-1-2-8-19-16/h1-2,5,8,15H,3-4,6-7,9-14H2,(H,19,20)/t15-/m0/s1. The summed E-state index contributed by atoms with van der Waals surface area (Å²) < 4.78 is 6.08. The highest BCUT2D eigenvalue weighted by Crippen LogP contribution is 2.42. The molecule has 130 valence electrons. The monoisotopic (exact) mass is 330 g/mol. The third-order valence-electron chi connectivity index (χ3n) is 5.63. The van der Waals surface area contributed by atoms with Crippen LogP contribution >= 0.6 is 0 Å². The summed E-state index contributed by atoms with van der Waals surface area (Å²) >= 11 is 0. The Balaban J connectivity index is 1.27. The molecule has 3 aliphatic rings. The number of pyridine rings is 1. The Kier molecular flexibility index (Phi) is 4.31. The predicted octanol–water partition coefficient (Wildman–Crippen LogP) is 2.19. The van der Waals surface area contributed by atoms with E-state index in [9.17, 15) is 4.79 Å². The van der Waals surface area contributed by atoms with Gasteiger partial charge in [-0.05, 0) is 43.7 Å². The number of hydrogen-bond acceptors (Lipinski definition) is 4. The highest BCUT2D eigenvalue weighted by Gasteiger charge is 2.54. The van der Waals surface area contributed by atoms with E-state index in [-0.39, 0.29) is 11.6 Å². The Labute approximate surface area is 143 Å². The molecular formula is C18H26N4O2. The summed E-state index contributed by atoms with van der Waals surface area (Å²) in [5.41, 5.74) is -0.0961. The van der Waals surface area contributed by atoms with Gasteiger partial charge in [-0.2, -0.15) is 0 Å². The van der Waals surface area contributed by atoms with Crippen LogP contribution in [0.2, 0.25) is 0 Å². The van der Waals surface area contributed by atoms with Gasteiger partial charge in [0.25, 0.3) is 0 Å². The van der Waals surface area contributed by atoms with Crippen molar-refractivity contribution in [2.75, 3.05) is 44.6 Å². The molecule has 24 heavy (non-hydrogen) atoms. The number of carbonyl (C=O) groups is 1. The Bertz CT molecular complexity index is 568. The summed E-state index contributed by atoms with van der Waals surface area (Å²) in [6.07, 6.45) is 6.24. The van der Waals surface area contributed by atoms with Crippen LogP contribution in [-0.4, -0.2) is 65.7 Å². The number of carbonyl (C=O) groups excluding carboxylic acids is 1. The minimum atomic E-state index is -0.0961. The van der Waals surface area contributed by atoms with E-state index in [1.807, 2.05) is 28.0 Å². The van der Waals surface area contributed by atoms with Gasteiger partial charge in [-0.25, -0.2) is 9.78 Å². The van der Waals surface area contributed by atoms with Gasteiger partial charge in [-0.3, -0.25) is 0 Å². The van der Waals surface area contributed by atoms with Crippen molar-refractivity contribution in [1.29, 1.82) is 0 Å². The van der Waals surface area contributed by atoms with Gasteiger partial charge in [0.15, 0.2) is 0 Å². The number of nitrogens with zero attached hydrogens (tertiary/aromatic N) is 3.